The number of aromatic amines is 1. The maximum atomic E-state index is 9.35. The molecule has 18 heavy (non-hydrogen) atoms. The SMILES string of the molecule is Nc1cc(-c2nc(-c3ccc[nH]3)no2)ccc1O. The zero-order valence-electron chi connectivity index (χ0n) is 9.29. The third-order valence-corrected chi connectivity index (χ3v) is 2.54. The molecule has 0 aliphatic rings. The molecule has 0 spiro atoms. The molecule has 0 aliphatic carbocycles. The van der Waals surface area contributed by atoms with Gasteiger partial charge in [0.15, 0.2) is 0 Å². The topological polar surface area (TPSA) is 101 Å². The van der Waals surface area contributed by atoms with Gasteiger partial charge in [0.1, 0.15) is 5.75 Å². The number of rotatable bonds is 2. The fourth-order valence-electron chi connectivity index (χ4n) is 1.61. The van der Waals surface area contributed by atoms with Crippen molar-refractivity contribution in [2.24, 2.45) is 0 Å². The van der Waals surface area contributed by atoms with Crippen molar-refractivity contribution in [1.82, 2.24) is 15.1 Å². The Morgan fingerprint density at radius 3 is 2.89 bits per heavy atom. The molecule has 1 aromatic carbocycles. The molecule has 0 saturated heterocycles. The number of H-pyrrole nitrogens is 1. The van der Waals surface area contributed by atoms with Gasteiger partial charge in [-0.15, -0.1) is 0 Å². The Labute approximate surface area is 102 Å². The van der Waals surface area contributed by atoms with Gasteiger partial charge in [0.2, 0.25) is 5.82 Å². The highest BCUT2D eigenvalue weighted by Gasteiger charge is 2.11. The molecule has 0 aliphatic heterocycles. The number of phenols is 1. The number of nitrogens with one attached hydrogen (secondary N) is 1. The van der Waals surface area contributed by atoms with Crippen LogP contribution in [0, 0.1) is 0 Å². The zero-order chi connectivity index (χ0) is 12.5. The van der Waals surface area contributed by atoms with Crippen molar-refractivity contribution in [2.75, 3.05) is 5.73 Å². The van der Waals surface area contributed by atoms with Crippen molar-refractivity contribution < 1.29 is 9.63 Å². The number of phenolic OH excluding ortho intramolecular Hbond substituents is 1. The van der Waals surface area contributed by atoms with Crippen LogP contribution in [0.1, 0.15) is 0 Å². The molecule has 3 rings (SSSR count). The molecule has 0 atom stereocenters. The van der Waals surface area contributed by atoms with Gasteiger partial charge in [-0.05, 0) is 30.3 Å². The van der Waals surface area contributed by atoms with Crippen LogP contribution in [0.4, 0.5) is 5.69 Å². The summed E-state index contributed by atoms with van der Waals surface area (Å²) in [6.45, 7) is 0. The monoisotopic (exact) mass is 242 g/mol. The summed E-state index contributed by atoms with van der Waals surface area (Å²) in [7, 11) is 0. The quantitative estimate of drug-likeness (QED) is 0.471. The number of hydrogen-bond acceptors (Lipinski definition) is 5. The Bertz CT molecular complexity index is 673. The van der Waals surface area contributed by atoms with E-state index in [1.807, 2.05) is 12.1 Å². The Hall–Kier alpha value is -2.76. The molecule has 0 amide bonds. The van der Waals surface area contributed by atoms with E-state index in [0.717, 1.165) is 5.69 Å². The van der Waals surface area contributed by atoms with E-state index in [2.05, 4.69) is 15.1 Å². The van der Waals surface area contributed by atoms with Gasteiger partial charge in [-0.1, -0.05) is 5.16 Å². The third-order valence-electron chi connectivity index (χ3n) is 2.54. The number of aromatic nitrogens is 3. The first kappa shape index (κ1) is 10.4. The Morgan fingerprint density at radius 1 is 1.28 bits per heavy atom. The lowest BCUT2D eigenvalue weighted by Gasteiger charge is -1.99. The largest absolute Gasteiger partial charge is 0.506 e. The summed E-state index contributed by atoms with van der Waals surface area (Å²) in [5, 5.41) is 13.2. The number of hydrogen-bond donors (Lipinski definition) is 3. The normalized spacial score (nSPS) is 10.7. The number of aromatic hydroxyl groups is 1. The maximum Gasteiger partial charge on any atom is 0.258 e. The molecule has 0 radical (unpaired) electrons. The van der Waals surface area contributed by atoms with Crippen LogP contribution in [0.5, 0.6) is 5.75 Å². The van der Waals surface area contributed by atoms with Crippen molar-refractivity contribution in [2.45, 2.75) is 0 Å². The lowest BCUT2D eigenvalue weighted by atomic mass is 10.2. The molecular formula is C12H10N4O2. The van der Waals surface area contributed by atoms with Crippen molar-refractivity contribution in [3.8, 4) is 28.7 Å². The van der Waals surface area contributed by atoms with Gasteiger partial charge in [0, 0.05) is 11.8 Å². The molecule has 0 fully saturated rings. The number of benzene rings is 1. The van der Waals surface area contributed by atoms with E-state index in [1.54, 1.807) is 18.3 Å². The van der Waals surface area contributed by atoms with E-state index < -0.39 is 0 Å². The van der Waals surface area contributed by atoms with Crippen molar-refractivity contribution in [1.29, 1.82) is 0 Å². The highest BCUT2D eigenvalue weighted by molar-refractivity contribution is 5.66. The van der Waals surface area contributed by atoms with Gasteiger partial charge in [0.05, 0.1) is 11.4 Å². The number of nitrogen functional groups attached to an aromatic ring is 1. The van der Waals surface area contributed by atoms with Crippen LogP contribution in [0.2, 0.25) is 0 Å². The van der Waals surface area contributed by atoms with Gasteiger partial charge in [0.25, 0.3) is 5.89 Å². The van der Waals surface area contributed by atoms with E-state index in [0.29, 0.717) is 17.3 Å². The van der Waals surface area contributed by atoms with Gasteiger partial charge >= 0.3 is 0 Å². The second kappa shape index (κ2) is 3.92. The predicted molar refractivity (Wildman–Crippen MR) is 65.6 cm³/mol. The van der Waals surface area contributed by atoms with Gasteiger partial charge < -0.3 is 20.3 Å². The average molecular weight is 242 g/mol. The summed E-state index contributed by atoms with van der Waals surface area (Å²) in [5.74, 6) is 0.857. The molecule has 6 nitrogen and oxygen atoms in total. The Morgan fingerprint density at radius 2 is 2.17 bits per heavy atom. The first-order chi connectivity index (χ1) is 8.74. The highest BCUT2D eigenvalue weighted by Crippen LogP contribution is 2.27. The molecule has 4 N–H and O–H groups in total. The molecule has 90 valence electrons. The first-order valence-corrected chi connectivity index (χ1v) is 5.30. The Kier molecular flexibility index (Phi) is 2.26. The lowest BCUT2D eigenvalue weighted by Crippen LogP contribution is -1.87. The lowest BCUT2D eigenvalue weighted by molar-refractivity contribution is 0.432. The molecule has 2 aromatic heterocycles. The van der Waals surface area contributed by atoms with Gasteiger partial charge in [-0.25, -0.2) is 0 Å². The summed E-state index contributed by atoms with van der Waals surface area (Å²) < 4.78 is 5.15. The summed E-state index contributed by atoms with van der Waals surface area (Å²) in [6, 6.07) is 8.44. The maximum absolute atomic E-state index is 9.35. The summed E-state index contributed by atoms with van der Waals surface area (Å²) >= 11 is 0. The van der Waals surface area contributed by atoms with Crippen LogP contribution in [-0.2, 0) is 0 Å². The van der Waals surface area contributed by atoms with Gasteiger partial charge in [-0.2, -0.15) is 4.98 Å². The second-order valence-corrected chi connectivity index (χ2v) is 3.78. The fourth-order valence-corrected chi connectivity index (χ4v) is 1.61. The van der Waals surface area contributed by atoms with E-state index in [1.165, 1.54) is 6.07 Å². The number of anilines is 1. The van der Waals surface area contributed by atoms with Crippen LogP contribution in [0.3, 0.4) is 0 Å². The fraction of sp³-hybridized carbons (Fsp3) is 0. The highest BCUT2D eigenvalue weighted by atomic mass is 16.5. The van der Waals surface area contributed by atoms with Crippen LogP contribution in [0.15, 0.2) is 41.1 Å². The zero-order valence-corrected chi connectivity index (χ0v) is 9.29. The van der Waals surface area contributed by atoms with E-state index >= 15 is 0 Å². The summed E-state index contributed by atoms with van der Waals surface area (Å²) in [5.41, 5.74) is 7.32. The molecular weight excluding hydrogens is 232 g/mol. The molecule has 0 saturated carbocycles. The number of nitrogens with zero attached hydrogens (tertiary/aromatic N) is 2. The second-order valence-electron chi connectivity index (χ2n) is 3.78. The molecule has 0 bridgehead atoms. The van der Waals surface area contributed by atoms with E-state index in [4.69, 9.17) is 10.3 Å². The molecule has 0 unspecified atom stereocenters. The van der Waals surface area contributed by atoms with Crippen molar-refractivity contribution >= 4 is 5.69 Å². The van der Waals surface area contributed by atoms with Crippen LogP contribution in [0.25, 0.3) is 23.0 Å². The number of nitrogens with two attached hydrogens (primary N) is 1. The minimum Gasteiger partial charge on any atom is -0.506 e. The predicted octanol–water partition coefficient (Wildman–Crippen LogP) is 2.02. The van der Waals surface area contributed by atoms with Crippen molar-refractivity contribution in [3.63, 3.8) is 0 Å². The molecule has 3 aromatic rings. The van der Waals surface area contributed by atoms with E-state index in [9.17, 15) is 5.11 Å². The summed E-state index contributed by atoms with van der Waals surface area (Å²) in [4.78, 5) is 7.24. The van der Waals surface area contributed by atoms with E-state index in [-0.39, 0.29) is 11.4 Å². The molecule has 2 heterocycles. The Balaban J connectivity index is 2.00. The van der Waals surface area contributed by atoms with Crippen LogP contribution < -0.4 is 5.73 Å². The van der Waals surface area contributed by atoms with Crippen LogP contribution in [-0.4, -0.2) is 20.2 Å². The smallest absolute Gasteiger partial charge is 0.258 e. The first-order valence-electron chi connectivity index (χ1n) is 5.30. The third kappa shape index (κ3) is 1.69. The average Bonchev–Trinajstić information content (AvgIpc) is 3.01. The van der Waals surface area contributed by atoms with Crippen LogP contribution >= 0.6 is 0 Å². The van der Waals surface area contributed by atoms with Crippen molar-refractivity contribution in [3.05, 3.63) is 36.5 Å². The minimum atomic E-state index is 0.0304. The summed E-state index contributed by atoms with van der Waals surface area (Å²) in [6.07, 6.45) is 1.78. The minimum absolute atomic E-state index is 0.0304. The molecule has 6 heteroatoms. The van der Waals surface area contributed by atoms with Gasteiger partial charge in [-0.3, -0.25) is 0 Å². The standard InChI is InChI=1S/C12H10N4O2/c13-8-6-7(3-4-10(8)17)12-15-11(16-18-12)9-2-1-5-14-9/h1-6,14,17H,13H2.